The van der Waals surface area contributed by atoms with Gasteiger partial charge in [0.15, 0.2) is 0 Å². The lowest BCUT2D eigenvalue weighted by Gasteiger charge is -2.02. The molecule has 1 fully saturated rings. The molecule has 1 aliphatic heterocycles. The van der Waals surface area contributed by atoms with Gasteiger partial charge in [-0.25, -0.2) is 4.98 Å². The second-order valence-corrected chi connectivity index (χ2v) is 3.63. The van der Waals surface area contributed by atoms with E-state index in [4.69, 9.17) is 0 Å². The molecule has 13 heavy (non-hydrogen) atoms. The summed E-state index contributed by atoms with van der Waals surface area (Å²) in [5.41, 5.74) is 0.513. The van der Waals surface area contributed by atoms with Crippen LogP contribution in [0.2, 0.25) is 0 Å². The quantitative estimate of drug-likeness (QED) is 0.613. The Bertz CT molecular complexity index is 410. The van der Waals surface area contributed by atoms with Crippen LogP contribution in [0.4, 0.5) is 5.82 Å². The van der Waals surface area contributed by atoms with E-state index in [2.05, 4.69) is 10.3 Å². The Morgan fingerprint density at radius 2 is 2.31 bits per heavy atom. The minimum atomic E-state index is -0.346. The molecule has 0 bridgehead atoms. The van der Waals surface area contributed by atoms with E-state index in [9.17, 15) is 9.90 Å². The van der Waals surface area contributed by atoms with E-state index in [0.29, 0.717) is 5.82 Å². The van der Waals surface area contributed by atoms with E-state index >= 15 is 0 Å². The fourth-order valence-corrected chi connectivity index (χ4v) is 1.89. The van der Waals surface area contributed by atoms with Crippen LogP contribution in [0.15, 0.2) is 12.3 Å². The number of fused-ring (bicyclic) bond motifs is 2. The molecule has 2 heterocycles. The van der Waals surface area contributed by atoms with Crippen molar-refractivity contribution in [3.8, 4) is 5.75 Å². The first-order valence-corrected chi connectivity index (χ1v) is 4.23. The van der Waals surface area contributed by atoms with Crippen LogP contribution in [0.5, 0.6) is 5.75 Å². The number of pyridine rings is 1. The molecule has 1 spiro atoms. The third-order valence-electron chi connectivity index (χ3n) is 2.81. The van der Waals surface area contributed by atoms with Crippen molar-refractivity contribution in [1.29, 1.82) is 0 Å². The molecule has 4 heteroatoms. The van der Waals surface area contributed by atoms with Gasteiger partial charge >= 0.3 is 0 Å². The number of nitrogens with one attached hydrogen (secondary N) is 1. The van der Waals surface area contributed by atoms with Gasteiger partial charge in [-0.15, -0.1) is 0 Å². The molecule has 1 aromatic heterocycles. The van der Waals surface area contributed by atoms with Gasteiger partial charge < -0.3 is 10.4 Å². The molecule has 2 N–H and O–H groups in total. The molecule has 4 nitrogen and oxygen atoms in total. The van der Waals surface area contributed by atoms with E-state index in [1.54, 1.807) is 6.07 Å². The predicted octanol–water partition coefficient (Wildman–Crippen LogP) is 0.771. The molecule has 0 aromatic carbocycles. The molecular formula is C9H8N2O2. The molecular weight excluding hydrogens is 168 g/mol. The zero-order chi connectivity index (χ0) is 9.05. The Morgan fingerprint density at radius 3 is 3.00 bits per heavy atom. The first-order chi connectivity index (χ1) is 6.22. The molecule has 0 atom stereocenters. The van der Waals surface area contributed by atoms with E-state index < -0.39 is 0 Å². The first-order valence-electron chi connectivity index (χ1n) is 4.23. The number of anilines is 1. The molecule has 1 aliphatic carbocycles. The smallest absolute Gasteiger partial charge is 0.236 e. The molecule has 1 amide bonds. The lowest BCUT2D eigenvalue weighted by molar-refractivity contribution is -0.117. The van der Waals surface area contributed by atoms with Crippen molar-refractivity contribution in [2.24, 2.45) is 0 Å². The van der Waals surface area contributed by atoms with Crippen LogP contribution >= 0.6 is 0 Å². The molecule has 66 valence electrons. The summed E-state index contributed by atoms with van der Waals surface area (Å²) in [7, 11) is 0. The lowest BCUT2D eigenvalue weighted by Crippen LogP contribution is -2.18. The number of carbonyl (C=O) groups excluding carboxylic acids is 1. The zero-order valence-corrected chi connectivity index (χ0v) is 6.87. The maximum absolute atomic E-state index is 11.5. The highest BCUT2D eigenvalue weighted by Crippen LogP contribution is 2.54. The standard InChI is InChI=1S/C9H8N2O2/c12-5-3-6-7(10-4-5)11-8(13)9(6)1-2-9/h3-4,12H,1-2H2,(H,10,11,13). The number of nitrogens with zero attached hydrogens (tertiary/aromatic N) is 1. The van der Waals surface area contributed by atoms with E-state index in [0.717, 1.165) is 18.4 Å². The molecule has 0 radical (unpaired) electrons. The number of carbonyl (C=O) groups is 1. The molecule has 1 saturated carbocycles. The average molecular weight is 176 g/mol. The highest BCUT2D eigenvalue weighted by Gasteiger charge is 2.56. The van der Waals surface area contributed by atoms with Crippen LogP contribution < -0.4 is 5.32 Å². The van der Waals surface area contributed by atoms with Crippen molar-refractivity contribution in [2.45, 2.75) is 18.3 Å². The van der Waals surface area contributed by atoms with Crippen LogP contribution in [0.1, 0.15) is 18.4 Å². The highest BCUT2D eigenvalue weighted by molar-refractivity contribution is 6.07. The Kier molecular flexibility index (Phi) is 0.974. The topological polar surface area (TPSA) is 62.2 Å². The van der Waals surface area contributed by atoms with Crippen molar-refractivity contribution >= 4 is 11.7 Å². The highest BCUT2D eigenvalue weighted by atomic mass is 16.3. The average Bonchev–Trinajstić information content (AvgIpc) is 2.83. The monoisotopic (exact) mass is 176 g/mol. The number of hydrogen-bond donors (Lipinski definition) is 2. The molecule has 2 aliphatic rings. The van der Waals surface area contributed by atoms with Crippen LogP contribution in [-0.2, 0) is 10.2 Å². The first kappa shape index (κ1) is 6.88. The van der Waals surface area contributed by atoms with Crippen molar-refractivity contribution in [3.05, 3.63) is 17.8 Å². The fourth-order valence-electron chi connectivity index (χ4n) is 1.89. The number of rotatable bonds is 0. The van der Waals surface area contributed by atoms with Crippen LogP contribution in [0.3, 0.4) is 0 Å². The molecule has 0 saturated heterocycles. The summed E-state index contributed by atoms with van der Waals surface area (Å²) in [5.74, 6) is 0.766. The van der Waals surface area contributed by atoms with Gasteiger partial charge in [-0.05, 0) is 18.9 Å². The Morgan fingerprint density at radius 1 is 1.54 bits per heavy atom. The summed E-state index contributed by atoms with van der Waals surface area (Å²) >= 11 is 0. The van der Waals surface area contributed by atoms with Gasteiger partial charge in [0, 0.05) is 5.56 Å². The van der Waals surface area contributed by atoms with Gasteiger partial charge in [0.2, 0.25) is 5.91 Å². The van der Waals surface area contributed by atoms with E-state index in [1.807, 2.05) is 0 Å². The van der Waals surface area contributed by atoms with Gasteiger partial charge in [0.25, 0.3) is 0 Å². The Balaban J connectivity index is 2.24. The predicted molar refractivity (Wildman–Crippen MR) is 45.4 cm³/mol. The summed E-state index contributed by atoms with van der Waals surface area (Å²) in [6.07, 6.45) is 3.09. The van der Waals surface area contributed by atoms with Gasteiger partial charge in [0.05, 0.1) is 11.6 Å². The molecule has 0 unspecified atom stereocenters. The summed E-state index contributed by atoms with van der Waals surface area (Å²) in [6.45, 7) is 0. The van der Waals surface area contributed by atoms with Gasteiger partial charge in [-0.1, -0.05) is 0 Å². The lowest BCUT2D eigenvalue weighted by atomic mass is 10.00. The van der Waals surface area contributed by atoms with Gasteiger partial charge in [-0.2, -0.15) is 0 Å². The Labute approximate surface area is 74.6 Å². The molecule has 1 aromatic rings. The van der Waals surface area contributed by atoms with Crippen molar-refractivity contribution in [2.75, 3.05) is 5.32 Å². The van der Waals surface area contributed by atoms with Gasteiger partial charge in [0.1, 0.15) is 11.6 Å². The third-order valence-corrected chi connectivity index (χ3v) is 2.81. The normalized spacial score (nSPS) is 21.4. The second-order valence-electron chi connectivity index (χ2n) is 3.63. The van der Waals surface area contributed by atoms with Crippen LogP contribution in [-0.4, -0.2) is 16.0 Å². The van der Waals surface area contributed by atoms with E-state index in [-0.39, 0.29) is 17.1 Å². The maximum Gasteiger partial charge on any atom is 0.236 e. The summed E-state index contributed by atoms with van der Waals surface area (Å²) < 4.78 is 0. The van der Waals surface area contributed by atoms with E-state index in [1.165, 1.54) is 6.20 Å². The number of aromatic nitrogens is 1. The number of amides is 1. The van der Waals surface area contributed by atoms with Gasteiger partial charge in [-0.3, -0.25) is 4.79 Å². The van der Waals surface area contributed by atoms with Crippen molar-refractivity contribution in [1.82, 2.24) is 4.98 Å². The van der Waals surface area contributed by atoms with Crippen molar-refractivity contribution in [3.63, 3.8) is 0 Å². The second kappa shape index (κ2) is 1.84. The third kappa shape index (κ3) is 0.703. The molecule has 3 rings (SSSR count). The number of aromatic hydroxyl groups is 1. The summed E-state index contributed by atoms with van der Waals surface area (Å²) in [4.78, 5) is 15.5. The Hall–Kier alpha value is -1.58. The SMILES string of the molecule is O=C1Nc2ncc(O)cc2C12CC2. The van der Waals surface area contributed by atoms with Crippen LogP contribution in [0.25, 0.3) is 0 Å². The summed E-state index contributed by atoms with van der Waals surface area (Å²) in [5, 5.41) is 12.0. The minimum absolute atomic E-state index is 0.0283. The van der Waals surface area contributed by atoms with Crippen molar-refractivity contribution < 1.29 is 9.90 Å². The maximum atomic E-state index is 11.5. The number of hydrogen-bond acceptors (Lipinski definition) is 3. The van der Waals surface area contributed by atoms with Crippen LogP contribution in [0, 0.1) is 0 Å². The zero-order valence-electron chi connectivity index (χ0n) is 6.87. The minimum Gasteiger partial charge on any atom is -0.506 e. The fraction of sp³-hybridized carbons (Fsp3) is 0.333. The summed E-state index contributed by atoms with van der Waals surface area (Å²) in [6, 6.07) is 1.63. The largest absolute Gasteiger partial charge is 0.506 e.